The van der Waals surface area contributed by atoms with Gasteiger partial charge in [0, 0.05) is 65.6 Å². The number of anilines is 6. The fourth-order valence-electron chi connectivity index (χ4n) is 15.5. The molecule has 0 atom stereocenters. The van der Waals surface area contributed by atoms with Crippen LogP contribution in [0.5, 0.6) is 0 Å². The predicted molar refractivity (Wildman–Crippen MR) is 401 cm³/mol. The third-order valence-corrected chi connectivity index (χ3v) is 20.4. The van der Waals surface area contributed by atoms with Crippen molar-refractivity contribution in [3.63, 3.8) is 0 Å². The van der Waals surface area contributed by atoms with E-state index in [4.69, 9.17) is 0 Å². The van der Waals surface area contributed by atoms with E-state index < -0.39 is 0 Å². The number of para-hydroxylation sites is 2. The third-order valence-electron chi connectivity index (χ3n) is 20.4. The minimum atomic E-state index is -0.0835. The number of aromatic nitrogens is 2. The highest BCUT2D eigenvalue weighted by molar-refractivity contribution is 6.32. The van der Waals surface area contributed by atoms with Crippen molar-refractivity contribution in [2.45, 2.75) is 98.3 Å². The summed E-state index contributed by atoms with van der Waals surface area (Å²) in [5.41, 5.74) is 24.0. The van der Waals surface area contributed by atoms with Crippen LogP contribution in [-0.4, -0.2) is 8.80 Å². The number of hydrogen-bond acceptors (Lipinski definition) is 2. The molecule has 0 spiro atoms. The van der Waals surface area contributed by atoms with Gasteiger partial charge in [-0.15, -0.1) is 0 Å². The largest absolute Gasteiger partial charge is 0.309 e. The Morgan fingerprint density at radius 3 is 1.12 bits per heavy atom. The Morgan fingerprint density at radius 2 is 0.667 bits per heavy atom. The minimum absolute atomic E-state index is 0.0726. The molecule has 0 saturated heterocycles. The van der Waals surface area contributed by atoms with Crippen LogP contribution in [0.4, 0.5) is 34.1 Å². The van der Waals surface area contributed by atoms with E-state index in [9.17, 15) is 0 Å². The molecule has 17 aromatic rings. The molecule has 4 heteroatoms. The first-order chi connectivity index (χ1) is 44.9. The summed E-state index contributed by atoms with van der Waals surface area (Å²) in [7, 11) is 0. The average Bonchev–Trinajstić information content (AvgIpc) is 1.52. The molecule has 17 rings (SSSR count). The van der Waals surface area contributed by atoms with Crippen LogP contribution in [-0.2, 0) is 16.2 Å². The molecule has 4 nitrogen and oxygen atoms in total. The average molecular weight is 1200 g/mol. The van der Waals surface area contributed by atoms with Crippen LogP contribution in [0.25, 0.3) is 120 Å². The first-order valence-corrected chi connectivity index (χ1v) is 33.3. The van der Waals surface area contributed by atoms with Crippen LogP contribution in [0.3, 0.4) is 0 Å². The van der Waals surface area contributed by atoms with Crippen LogP contribution in [0, 0.1) is 0 Å². The maximum absolute atomic E-state index is 2.61. The lowest BCUT2D eigenvalue weighted by molar-refractivity contribution is 0.590. The summed E-state index contributed by atoms with van der Waals surface area (Å²) in [6.45, 7) is 25.6. The molecule has 0 aliphatic rings. The number of nitrogens with zero attached hydrogens (tertiary/aromatic N) is 4. The second kappa shape index (κ2) is 20.5. The van der Waals surface area contributed by atoms with E-state index in [0.29, 0.717) is 5.92 Å². The van der Waals surface area contributed by atoms with E-state index in [1.54, 1.807) is 0 Å². The van der Waals surface area contributed by atoms with Gasteiger partial charge in [-0.3, -0.25) is 0 Å². The second-order valence-corrected chi connectivity index (χ2v) is 29.5. The number of fused-ring (bicyclic) bond motifs is 14. The lowest BCUT2D eigenvalue weighted by Gasteiger charge is -2.31. The van der Waals surface area contributed by atoms with Gasteiger partial charge in [0.05, 0.1) is 55.8 Å². The topological polar surface area (TPSA) is 15.3 Å². The van der Waals surface area contributed by atoms with Crippen LogP contribution >= 0.6 is 0 Å². The van der Waals surface area contributed by atoms with Crippen LogP contribution in [0.2, 0.25) is 0 Å². The van der Waals surface area contributed by atoms with Crippen LogP contribution in [0.15, 0.2) is 255 Å². The van der Waals surface area contributed by atoms with Crippen LogP contribution < -0.4 is 9.80 Å². The smallest absolute Gasteiger partial charge is 0.0641 e. The van der Waals surface area contributed by atoms with Crippen molar-refractivity contribution >= 4 is 132 Å². The molecule has 0 bridgehead atoms. The summed E-state index contributed by atoms with van der Waals surface area (Å²) in [6.07, 6.45) is 0. The highest BCUT2D eigenvalue weighted by atomic mass is 15.2. The molecule has 0 fully saturated rings. The summed E-state index contributed by atoms with van der Waals surface area (Å²) in [5, 5.41) is 14.9. The normalized spacial score (nSPS) is 12.8. The number of rotatable bonds is 9. The Labute approximate surface area is 544 Å². The van der Waals surface area contributed by atoms with E-state index in [2.05, 4.69) is 350 Å². The van der Waals surface area contributed by atoms with Gasteiger partial charge in [-0.2, -0.15) is 0 Å². The molecule has 4 aromatic heterocycles. The monoisotopic (exact) mass is 1200 g/mol. The summed E-state index contributed by atoms with van der Waals surface area (Å²) >= 11 is 0. The van der Waals surface area contributed by atoms with Crippen molar-refractivity contribution in [2.75, 3.05) is 9.80 Å². The Balaban J connectivity index is 0.961. The van der Waals surface area contributed by atoms with Crippen molar-refractivity contribution in [1.29, 1.82) is 0 Å². The maximum Gasteiger partial charge on any atom is 0.0641 e. The van der Waals surface area contributed by atoms with Crippen molar-refractivity contribution < 1.29 is 0 Å². The SMILES string of the molecule is CC(C)c1ccc2c(c1)c1c(N(c3ccccc3)c3ccc(C(C)(C)C)cc3-c3cccc4ccccc34)ccc3c4cc5c(cc4n2c31)c1ccc(N(c2ccccc2)c2ccc(C(C)(C)C)cc2-c2cccc3ccccc23)c2c3cc(C(C)(C)C)ccc3n5c12. The lowest BCUT2D eigenvalue weighted by Crippen LogP contribution is -2.15. The highest BCUT2D eigenvalue weighted by Gasteiger charge is 2.32. The molecule has 93 heavy (non-hydrogen) atoms. The molecule has 0 amide bonds. The molecular weight excluding hydrogens is 1130 g/mol. The Bertz CT molecular complexity index is 5830. The predicted octanol–water partition coefficient (Wildman–Crippen LogP) is 25.6. The quantitative estimate of drug-likeness (QED) is 0.143. The molecule has 0 unspecified atom stereocenters. The lowest BCUT2D eigenvalue weighted by atomic mass is 9.84. The van der Waals surface area contributed by atoms with Crippen molar-refractivity contribution in [2.24, 2.45) is 0 Å². The summed E-state index contributed by atoms with van der Waals surface area (Å²) < 4.78 is 5.23. The van der Waals surface area contributed by atoms with Gasteiger partial charge >= 0.3 is 0 Å². The zero-order valence-electron chi connectivity index (χ0n) is 55.1. The van der Waals surface area contributed by atoms with E-state index in [1.165, 1.54) is 142 Å². The fraction of sp³-hybridized carbons (Fsp3) is 0.169. The fourth-order valence-corrected chi connectivity index (χ4v) is 15.5. The van der Waals surface area contributed by atoms with E-state index in [-0.39, 0.29) is 16.2 Å². The molecule has 0 saturated carbocycles. The third kappa shape index (κ3) is 8.71. The van der Waals surface area contributed by atoms with E-state index in [0.717, 1.165) is 34.1 Å². The van der Waals surface area contributed by atoms with Gasteiger partial charge in [-0.05, 0) is 174 Å². The summed E-state index contributed by atoms with van der Waals surface area (Å²) in [4.78, 5) is 5.12. The van der Waals surface area contributed by atoms with Gasteiger partial charge in [0.2, 0.25) is 0 Å². The molecule has 13 aromatic carbocycles. The maximum atomic E-state index is 2.61. The van der Waals surface area contributed by atoms with Gasteiger partial charge in [0.1, 0.15) is 0 Å². The van der Waals surface area contributed by atoms with E-state index in [1.807, 2.05) is 0 Å². The molecule has 0 aliphatic carbocycles. The van der Waals surface area contributed by atoms with Gasteiger partial charge in [-0.1, -0.05) is 234 Å². The molecule has 0 aliphatic heterocycles. The molecular formula is C89H76N4. The van der Waals surface area contributed by atoms with Crippen molar-refractivity contribution in [1.82, 2.24) is 8.80 Å². The highest BCUT2D eigenvalue weighted by Crippen LogP contribution is 2.55. The Kier molecular flexibility index (Phi) is 12.5. The number of benzene rings is 13. The molecule has 0 radical (unpaired) electrons. The molecule has 0 N–H and O–H groups in total. The summed E-state index contributed by atoms with van der Waals surface area (Å²) in [6, 6.07) is 97.2. The zero-order valence-corrected chi connectivity index (χ0v) is 55.1. The Morgan fingerprint density at radius 1 is 0.280 bits per heavy atom. The molecule has 452 valence electrons. The standard InChI is InChI=1S/C89H76N4/c1-54(2)57-36-42-77-73(48-57)83-79(90(61-28-14-12-15-29-61)75-43-37-58(87(3,4)5)49-69(75)65-34-22-26-55-24-18-20-32-63(55)65)46-40-67-71-53-82-72(52-81(71)92(77)85(67)83)68-41-47-80(84-74-51-60(89(9,10)11)39-45-78(74)93(82)86(68)84)91(62-30-16-13-17-31-62)76-44-38-59(88(6,7)8)50-70(76)66-35-23-27-56-25-19-21-33-64(56)66/h12-54H,1-11H3. The van der Waals surface area contributed by atoms with Crippen LogP contribution in [0.1, 0.15) is 104 Å². The van der Waals surface area contributed by atoms with Gasteiger partial charge in [0.15, 0.2) is 0 Å². The minimum Gasteiger partial charge on any atom is -0.309 e. The molecule has 4 heterocycles. The second-order valence-electron chi connectivity index (χ2n) is 29.5. The first kappa shape index (κ1) is 56.6. The van der Waals surface area contributed by atoms with Gasteiger partial charge in [-0.25, -0.2) is 0 Å². The van der Waals surface area contributed by atoms with Gasteiger partial charge in [0.25, 0.3) is 0 Å². The number of hydrogen-bond donors (Lipinski definition) is 0. The Hall–Kier alpha value is -10.4. The zero-order chi connectivity index (χ0) is 63.6. The van der Waals surface area contributed by atoms with Gasteiger partial charge < -0.3 is 18.6 Å². The van der Waals surface area contributed by atoms with Crippen molar-refractivity contribution in [3.05, 3.63) is 277 Å². The van der Waals surface area contributed by atoms with Crippen molar-refractivity contribution in [3.8, 4) is 22.3 Å². The van der Waals surface area contributed by atoms with E-state index >= 15 is 0 Å². The first-order valence-electron chi connectivity index (χ1n) is 33.3. The summed E-state index contributed by atoms with van der Waals surface area (Å²) in [5.74, 6) is 0.339.